The molecule has 110 valence electrons. The molecule has 0 amide bonds. The molecule has 0 unspecified atom stereocenters. The lowest BCUT2D eigenvalue weighted by Crippen LogP contribution is -2.65. The summed E-state index contributed by atoms with van der Waals surface area (Å²) >= 11 is 0. The predicted molar refractivity (Wildman–Crippen MR) is 80.5 cm³/mol. The van der Waals surface area contributed by atoms with Gasteiger partial charge in [0.1, 0.15) is 6.10 Å². The van der Waals surface area contributed by atoms with E-state index in [1.807, 2.05) is 30.3 Å². The third kappa shape index (κ3) is 2.32. The fourth-order valence-electron chi connectivity index (χ4n) is 3.37. The van der Waals surface area contributed by atoms with Crippen LogP contribution in [0.3, 0.4) is 0 Å². The van der Waals surface area contributed by atoms with Gasteiger partial charge in [-0.3, -0.25) is 0 Å². The van der Waals surface area contributed by atoms with Gasteiger partial charge in [0.15, 0.2) is 0 Å². The molecule has 1 fully saturated rings. The minimum Gasteiger partial charge on any atom is -0.458 e. The van der Waals surface area contributed by atoms with Crippen molar-refractivity contribution in [3.63, 3.8) is 0 Å². The Balaban J connectivity index is 1.77. The van der Waals surface area contributed by atoms with Crippen LogP contribution in [0, 0.1) is 11.3 Å². The highest BCUT2D eigenvalue weighted by Crippen LogP contribution is 2.54. The van der Waals surface area contributed by atoms with E-state index in [0.717, 1.165) is 11.1 Å². The summed E-state index contributed by atoms with van der Waals surface area (Å²) in [6.45, 7) is 8.55. The minimum absolute atomic E-state index is 0.0278. The van der Waals surface area contributed by atoms with Crippen LogP contribution < -0.4 is 0 Å². The second kappa shape index (κ2) is 5.15. The average Bonchev–Trinajstić information content (AvgIpc) is 2.48. The normalized spacial score (nSPS) is 29.7. The van der Waals surface area contributed by atoms with Crippen LogP contribution in [0.4, 0.5) is 0 Å². The third-order valence-corrected chi connectivity index (χ3v) is 4.54. The fraction of sp³-hybridized carbons (Fsp3) is 0.389. The van der Waals surface area contributed by atoms with Crippen molar-refractivity contribution < 1.29 is 14.3 Å². The minimum atomic E-state index is -0.277. The highest BCUT2D eigenvalue weighted by atomic mass is 16.6. The van der Waals surface area contributed by atoms with Crippen molar-refractivity contribution in [1.82, 2.24) is 0 Å². The van der Waals surface area contributed by atoms with Crippen molar-refractivity contribution in [2.45, 2.75) is 32.7 Å². The van der Waals surface area contributed by atoms with Crippen LogP contribution in [0.25, 0.3) is 0 Å². The van der Waals surface area contributed by atoms with E-state index in [1.165, 1.54) is 6.08 Å². The lowest BCUT2D eigenvalue weighted by atomic mass is 9.55. The van der Waals surface area contributed by atoms with Crippen LogP contribution in [-0.2, 0) is 20.9 Å². The summed E-state index contributed by atoms with van der Waals surface area (Å²) < 4.78 is 11.6. The molecule has 0 bridgehead atoms. The summed E-state index contributed by atoms with van der Waals surface area (Å²) in [6, 6.07) is 10.1. The summed E-state index contributed by atoms with van der Waals surface area (Å²) in [5, 5.41) is 0. The molecular weight excluding hydrogens is 264 g/mol. The molecule has 0 spiro atoms. The molecule has 0 radical (unpaired) electrons. The van der Waals surface area contributed by atoms with Gasteiger partial charge < -0.3 is 9.47 Å². The van der Waals surface area contributed by atoms with Gasteiger partial charge in [0.25, 0.3) is 0 Å². The number of fused-ring (bicyclic) bond motifs is 1. The molecule has 1 aromatic rings. The molecule has 1 saturated carbocycles. The highest BCUT2D eigenvalue weighted by molar-refractivity contribution is 5.85. The standard InChI is InChI=1S/C18H20O3/c1-4-13-10-14(19)21-17-15(13)16(18(17,2)3)20-11-12-8-6-5-7-9-12/h4-10,15-17H,1,11H2,2-3H3/t15-,16-,17-/m0/s1. The fourth-order valence-corrected chi connectivity index (χ4v) is 3.37. The summed E-state index contributed by atoms with van der Waals surface area (Å²) in [5.74, 6) is -0.181. The van der Waals surface area contributed by atoms with Gasteiger partial charge in [-0.15, -0.1) is 0 Å². The quantitative estimate of drug-likeness (QED) is 0.796. The van der Waals surface area contributed by atoms with Gasteiger partial charge in [0, 0.05) is 17.4 Å². The van der Waals surface area contributed by atoms with E-state index in [1.54, 1.807) is 6.08 Å². The number of benzene rings is 1. The number of hydrogen-bond donors (Lipinski definition) is 0. The zero-order valence-electron chi connectivity index (χ0n) is 12.4. The van der Waals surface area contributed by atoms with Crippen LogP contribution in [0.2, 0.25) is 0 Å². The van der Waals surface area contributed by atoms with E-state index in [4.69, 9.17) is 9.47 Å². The molecule has 1 aliphatic carbocycles. The first kappa shape index (κ1) is 14.1. The van der Waals surface area contributed by atoms with Crippen molar-refractivity contribution in [1.29, 1.82) is 0 Å². The SMILES string of the molecule is C=CC1=CC(=O)O[C@H]2[C@@H]1[C@H](OCc1ccccc1)C2(C)C. The molecule has 21 heavy (non-hydrogen) atoms. The maximum absolute atomic E-state index is 11.6. The summed E-state index contributed by atoms with van der Waals surface area (Å²) in [5.41, 5.74) is 1.89. The van der Waals surface area contributed by atoms with E-state index in [0.29, 0.717) is 6.61 Å². The van der Waals surface area contributed by atoms with Crippen molar-refractivity contribution in [2.24, 2.45) is 11.3 Å². The molecule has 0 aromatic heterocycles. The Morgan fingerprint density at radius 3 is 2.71 bits per heavy atom. The van der Waals surface area contributed by atoms with Crippen LogP contribution >= 0.6 is 0 Å². The Hall–Kier alpha value is -1.87. The molecule has 1 aliphatic heterocycles. The van der Waals surface area contributed by atoms with Crippen LogP contribution in [0.5, 0.6) is 0 Å². The Kier molecular flexibility index (Phi) is 3.46. The monoisotopic (exact) mass is 284 g/mol. The van der Waals surface area contributed by atoms with Crippen molar-refractivity contribution >= 4 is 5.97 Å². The second-order valence-corrected chi connectivity index (χ2v) is 6.27. The average molecular weight is 284 g/mol. The van der Waals surface area contributed by atoms with Crippen LogP contribution in [0.1, 0.15) is 19.4 Å². The Bertz CT molecular complexity index is 586. The molecule has 0 saturated heterocycles. The van der Waals surface area contributed by atoms with Gasteiger partial charge in [-0.2, -0.15) is 0 Å². The predicted octanol–water partition coefficient (Wildman–Crippen LogP) is 3.27. The van der Waals surface area contributed by atoms with Gasteiger partial charge in [-0.1, -0.05) is 56.8 Å². The number of carbonyl (C=O) groups is 1. The van der Waals surface area contributed by atoms with Gasteiger partial charge in [-0.25, -0.2) is 4.79 Å². The molecule has 2 aliphatic rings. The zero-order chi connectivity index (χ0) is 15.0. The van der Waals surface area contributed by atoms with E-state index in [2.05, 4.69) is 20.4 Å². The van der Waals surface area contributed by atoms with Crippen molar-refractivity contribution in [3.05, 3.63) is 60.2 Å². The third-order valence-electron chi connectivity index (χ3n) is 4.54. The Morgan fingerprint density at radius 1 is 1.33 bits per heavy atom. The topological polar surface area (TPSA) is 35.5 Å². The van der Waals surface area contributed by atoms with E-state index < -0.39 is 0 Å². The number of esters is 1. The molecule has 3 atom stereocenters. The van der Waals surface area contributed by atoms with Crippen molar-refractivity contribution in [3.8, 4) is 0 Å². The smallest absolute Gasteiger partial charge is 0.331 e. The zero-order valence-corrected chi connectivity index (χ0v) is 12.4. The van der Waals surface area contributed by atoms with Gasteiger partial charge in [0.05, 0.1) is 12.7 Å². The molecule has 3 rings (SSSR count). The molecule has 0 N–H and O–H groups in total. The largest absolute Gasteiger partial charge is 0.458 e. The molecule has 1 aromatic carbocycles. The Morgan fingerprint density at radius 2 is 2.05 bits per heavy atom. The molecule has 1 heterocycles. The first-order valence-electron chi connectivity index (χ1n) is 7.24. The summed E-state index contributed by atoms with van der Waals surface area (Å²) in [4.78, 5) is 11.6. The number of hydrogen-bond acceptors (Lipinski definition) is 3. The Labute approximate surface area is 125 Å². The number of rotatable bonds is 4. The number of carbonyl (C=O) groups excluding carboxylic acids is 1. The van der Waals surface area contributed by atoms with E-state index in [-0.39, 0.29) is 29.5 Å². The van der Waals surface area contributed by atoms with Gasteiger partial charge >= 0.3 is 5.97 Å². The van der Waals surface area contributed by atoms with Gasteiger partial charge in [0.2, 0.25) is 0 Å². The highest BCUT2D eigenvalue weighted by Gasteiger charge is 2.61. The maximum Gasteiger partial charge on any atom is 0.331 e. The maximum atomic E-state index is 11.6. The van der Waals surface area contributed by atoms with Gasteiger partial charge in [-0.05, 0) is 11.1 Å². The lowest BCUT2D eigenvalue weighted by Gasteiger charge is -2.58. The first-order valence-corrected chi connectivity index (χ1v) is 7.24. The number of allylic oxidation sites excluding steroid dienone is 1. The summed E-state index contributed by atoms with van der Waals surface area (Å²) in [7, 11) is 0. The van der Waals surface area contributed by atoms with E-state index >= 15 is 0 Å². The van der Waals surface area contributed by atoms with Crippen molar-refractivity contribution in [2.75, 3.05) is 0 Å². The first-order chi connectivity index (χ1) is 10.0. The molecular formula is C18H20O3. The summed E-state index contributed by atoms with van der Waals surface area (Å²) in [6.07, 6.45) is 3.18. The molecule has 3 heteroatoms. The second-order valence-electron chi connectivity index (χ2n) is 6.27. The number of ether oxygens (including phenoxy) is 2. The molecule has 3 nitrogen and oxygen atoms in total. The lowest BCUT2D eigenvalue weighted by molar-refractivity contribution is -0.233. The van der Waals surface area contributed by atoms with Crippen LogP contribution in [0.15, 0.2) is 54.6 Å². The van der Waals surface area contributed by atoms with Crippen LogP contribution in [-0.4, -0.2) is 18.2 Å². The van der Waals surface area contributed by atoms with E-state index in [9.17, 15) is 4.79 Å².